The molecule has 1 saturated carbocycles. The molecule has 26 heavy (non-hydrogen) atoms. The van der Waals surface area contributed by atoms with Crippen LogP contribution in [0.3, 0.4) is 0 Å². The molecule has 2 aromatic carbocycles. The number of benzene rings is 2. The van der Waals surface area contributed by atoms with Crippen LogP contribution in [0, 0.1) is 23.4 Å². The van der Waals surface area contributed by atoms with Crippen LogP contribution in [0.4, 0.5) is 13.2 Å². The zero-order chi connectivity index (χ0) is 18.7. The van der Waals surface area contributed by atoms with E-state index in [1.165, 1.54) is 44.1 Å². The second-order valence-corrected chi connectivity index (χ2v) is 7.69. The van der Waals surface area contributed by atoms with Crippen LogP contribution in [0.1, 0.15) is 80.9 Å². The van der Waals surface area contributed by atoms with Crippen molar-refractivity contribution in [2.75, 3.05) is 0 Å². The summed E-state index contributed by atoms with van der Waals surface area (Å²) >= 11 is 0. The van der Waals surface area contributed by atoms with E-state index >= 15 is 0 Å². The molecule has 2 aromatic rings. The summed E-state index contributed by atoms with van der Waals surface area (Å²) in [6, 6.07) is 10.5. The Bertz CT molecular complexity index is 705. The Morgan fingerprint density at radius 2 is 1.46 bits per heavy atom. The molecule has 0 heterocycles. The van der Waals surface area contributed by atoms with Crippen molar-refractivity contribution in [3.05, 3.63) is 70.5 Å². The van der Waals surface area contributed by atoms with Crippen molar-refractivity contribution in [3.8, 4) is 0 Å². The second-order valence-electron chi connectivity index (χ2n) is 7.69. The molecule has 0 nitrogen and oxygen atoms in total. The van der Waals surface area contributed by atoms with Crippen molar-refractivity contribution in [1.82, 2.24) is 0 Å². The first-order valence-corrected chi connectivity index (χ1v) is 9.73. The Morgan fingerprint density at radius 3 is 2.00 bits per heavy atom. The molecule has 1 fully saturated rings. The van der Waals surface area contributed by atoms with E-state index in [1.54, 1.807) is 0 Å². The van der Waals surface area contributed by atoms with Crippen LogP contribution in [-0.4, -0.2) is 0 Å². The molecule has 1 aliphatic carbocycles. The quantitative estimate of drug-likeness (QED) is 0.490. The van der Waals surface area contributed by atoms with E-state index in [2.05, 4.69) is 19.1 Å². The first-order chi connectivity index (χ1) is 12.5. The summed E-state index contributed by atoms with van der Waals surface area (Å²) in [7, 11) is 0. The average Bonchev–Trinajstić information content (AvgIpc) is 2.66. The van der Waals surface area contributed by atoms with Crippen molar-refractivity contribution < 1.29 is 13.2 Å². The first kappa shape index (κ1) is 19.0. The zero-order valence-electron chi connectivity index (χ0n) is 15.6. The van der Waals surface area contributed by atoms with Crippen molar-refractivity contribution in [1.29, 1.82) is 0 Å². The van der Waals surface area contributed by atoms with Gasteiger partial charge in [0.1, 0.15) is 0 Å². The van der Waals surface area contributed by atoms with Crippen LogP contribution in [0.2, 0.25) is 0 Å². The molecule has 1 unspecified atom stereocenters. The fourth-order valence-corrected chi connectivity index (χ4v) is 4.27. The van der Waals surface area contributed by atoms with Crippen LogP contribution in [0.15, 0.2) is 36.4 Å². The number of hydrogen-bond donors (Lipinski definition) is 0. The van der Waals surface area contributed by atoms with Gasteiger partial charge in [-0.2, -0.15) is 0 Å². The molecule has 140 valence electrons. The van der Waals surface area contributed by atoms with E-state index in [0.29, 0.717) is 11.5 Å². The molecule has 0 spiro atoms. The maximum atomic E-state index is 13.5. The Kier molecular flexibility index (Phi) is 6.05. The third-order valence-corrected chi connectivity index (χ3v) is 5.96. The third-order valence-electron chi connectivity index (χ3n) is 5.96. The van der Waals surface area contributed by atoms with E-state index in [9.17, 15) is 13.2 Å². The monoisotopic (exact) mass is 360 g/mol. The van der Waals surface area contributed by atoms with Gasteiger partial charge >= 0.3 is 0 Å². The molecular weight excluding hydrogens is 333 g/mol. The smallest absolute Gasteiger partial charge is 0.194 e. The summed E-state index contributed by atoms with van der Waals surface area (Å²) in [5.74, 6) is -2.35. The number of rotatable bonds is 5. The van der Waals surface area contributed by atoms with Crippen molar-refractivity contribution >= 4 is 0 Å². The molecule has 0 aromatic heterocycles. The molecule has 1 atom stereocenters. The van der Waals surface area contributed by atoms with Gasteiger partial charge in [0, 0.05) is 5.92 Å². The molecule has 0 saturated heterocycles. The van der Waals surface area contributed by atoms with Crippen LogP contribution in [-0.2, 0) is 0 Å². The van der Waals surface area contributed by atoms with Gasteiger partial charge in [0.2, 0.25) is 0 Å². The van der Waals surface area contributed by atoms with Gasteiger partial charge in [-0.05, 0) is 66.3 Å². The maximum absolute atomic E-state index is 13.5. The highest BCUT2D eigenvalue weighted by Crippen LogP contribution is 2.38. The summed E-state index contributed by atoms with van der Waals surface area (Å²) in [6.45, 7) is 4.14. The van der Waals surface area contributed by atoms with Gasteiger partial charge in [-0.15, -0.1) is 0 Å². The van der Waals surface area contributed by atoms with Crippen molar-refractivity contribution in [2.45, 2.75) is 64.2 Å². The number of halogens is 3. The lowest BCUT2D eigenvalue weighted by Crippen LogP contribution is -2.13. The van der Waals surface area contributed by atoms with E-state index < -0.39 is 17.5 Å². The minimum absolute atomic E-state index is 0.186. The molecule has 0 bridgehead atoms. The zero-order valence-corrected chi connectivity index (χ0v) is 15.6. The van der Waals surface area contributed by atoms with Crippen LogP contribution in [0.25, 0.3) is 0 Å². The summed E-state index contributed by atoms with van der Waals surface area (Å²) in [4.78, 5) is 0. The predicted molar refractivity (Wildman–Crippen MR) is 99.9 cm³/mol. The first-order valence-electron chi connectivity index (χ1n) is 9.73. The van der Waals surface area contributed by atoms with Crippen molar-refractivity contribution in [3.63, 3.8) is 0 Å². The highest BCUT2D eigenvalue weighted by Gasteiger charge is 2.22. The predicted octanol–water partition coefficient (Wildman–Crippen LogP) is 7.33. The lowest BCUT2D eigenvalue weighted by atomic mass is 9.77. The normalized spacial score (nSPS) is 21.6. The standard InChI is InChI=1S/C23H27F3/c1-3-4-16-5-7-18(8-6-16)19-11-9-17(10-12-19)15(2)20-13-21(24)23(26)22(25)14-20/h9-16,18H,3-8H2,1-2H3. The minimum Gasteiger partial charge on any atom is -0.204 e. The topological polar surface area (TPSA) is 0 Å². The van der Waals surface area contributed by atoms with Gasteiger partial charge in [0.25, 0.3) is 0 Å². The highest BCUT2D eigenvalue weighted by atomic mass is 19.2. The molecule has 3 heteroatoms. The van der Waals surface area contributed by atoms with Gasteiger partial charge in [-0.25, -0.2) is 13.2 Å². The summed E-state index contributed by atoms with van der Waals surface area (Å²) in [5.41, 5.74) is 2.79. The van der Waals surface area contributed by atoms with Gasteiger partial charge in [-0.3, -0.25) is 0 Å². The largest absolute Gasteiger partial charge is 0.204 e. The molecule has 0 radical (unpaired) electrons. The minimum atomic E-state index is -1.41. The number of hydrogen-bond acceptors (Lipinski definition) is 0. The molecule has 0 amide bonds. The van der Waals surface area contributed by atoms with Gasteiger partial charge < -0.3 is 0 Å². The second kappa shape index (κ2) is 8.28. The molecule has 0 aliphatic heterocycles. The van der Waals surface area contributed by atoms with Crippen LogP contribution < -0.4 is 0 Å². The van der Waals surface area contributed by atoms with E-state index in [1.807, 2.05) is 19.1 Å². The lowest BCUT2D eigenvalue weighted by Gasteiger charge is -2.29. The Morgan fingerprint density at radius 1 is 0.885 bits per heavy atom. The fraction of sp³-hybridized carbons (Fsp3) is 0.478. The summed E-state index contributed by atoms with van der Waals surface area (Å²) < 4.78 is 40.2. The highest BCUT2D eigenvalue weighted by molar-refractivity contribution is 5.35. The average molecular weight is 360 g/mol. The fourth-order valence-electron chi connectivity index (χ4n) is 4.27. The summed E-state index contributed by atoms with van der Waals surface area (Å²) in [6.07, 6.45) is 7.72. The van der Waals surface area contributed by atoms with Crippen LogP contribution in [0.5, 0.6) is 0 Å². The third kappa shape index (κ3) is 4.13. The van der Waals surface area contributed by atoms with E-state index in [-0.39, 0.29) is 5.92 Å². The Labute approximate surface area is 154 Å². The SMILES string of the molecule is CCCC1CCC(c2ccc(C(C)c3cc(F)c(F)c(F)c3)cc2)CC1. The molecular formula is C23H27F3. The van der Waals surface area contributed by atoms with Gasteiger partial charge in [-0.1, -0.05) is 51.0 Å². The van der Waals surface area contributed by atoms with E-state index in [4.69, 9.17) is 0 Å². The molecule has 1 aliphatic rings. The Balaban J connectivity index is 1.70. The Hall–Kier alpha value is -1.77. The van der Waals surface area contributed by atoms with Gasteiger partial charge in [0.05, 0.1) is 0 Å². The van der Waals surface area contributed by atoms with E-state index in [0.717, 1.165) is 23.6 Å². The summed E-state index contributed by atoms with van der Waals surface area (Å²) in [5, 5.41) is 0. The molecule has 3 rings (SSSR count). The van der Waals surface area contributed by atoms with Crippen molar-refractivity contribution in [2.24, 2.45) is 5.92 Å². The maximum Gasteiger partial charge on any atom is 0.194 e. The van der Waals surface area contributed by atoms with Gasteiger partial charge in [0.15, 0.2) is 17.5 Å². The molecule has 0 N–H and O–H groups in total. The lowest BCUT2D eigenvalue weighted by molar-refractivity contribution is 0.308. The van der Waals surface area contributed by atoms with Crippen LogP contribution >= 0.6 is 0 Å².